The number of benzene rings is 1. The highest BCUT2D eigenvalue weighted by molar-refractivity contribution is 5.72. The van der Waals surface area contributed by atoms with Gasteiger partial charge >= 0.3 is 12.1 Å². The van der Waals surface area contributed by atoms with Gasteiger partial charge in [0.25, 0.3) is 5.92 Å². The van der Waals surface area contributed by atoms with Gasteiger partial charge in [0.05, 0.1) is 13.2 Å². The summed E-state index contributed by atoms with van der Waals surface area (Å²) in [5.41, 5.74) is 0.785. The molecule has 1 rings (SSSR count). The van der Waals surface area contributed by atoms with Gasteiger partial charge in [-0.3, -0.25) is 0 Å². The first-order chi connectivity index (χ1) is 16.1. The molecular formula is C24H37F2NO7. The average molecular weight is 490 g/mol. The van der Waals surface area contributed by atoms with E-state index in [4.69, 9.17) is 18.9 Å². The van der Waals surface area contributed by atoms with Crippen LogP contribution in [0.4, 0.5) is 13.6 Å². The molecule has 2 unspecified atom stereocenters. The van der Waals surface area contributed by atoms with E-state index in [1.54, 1.807) is 38.1 Å². The molecule has 0 saturated carbocycles. The third-order valence-corrected chi connectivity index (χ3v) is 5.09. The molecule has 1 aromatic rings. The first-order valence-corrected chi connectivity index (χ1v) is 11.6. The van der Waals surface area contributed by atoms with E-state index in [1.165, 1.54) is 11.8 Å². The Morgan fingerprint density at radius 3 is 2.29 bits per heavy atom. The Balaban J connectivity index is 2.60. The molecule has 0 saturated heterocycles. The number of hydrogen-bond acceptors (Lipinski definition) is 6. The summed E-state index contributed by atoms with van der Waals surface area (Å²) in [5.74, 6) is -3.38. The van der Waals surface area contributed by atoms with E-state index >= 15 is 0 Å². The van der Waals surface area contributed by atoms with Crippen LogP contribution in [0.15, 0.2) is 24.3 Å². The SMILES string of the molecule is CCOC(Cc1ccc(OCCN(CCOCC(F)(F)CC)C(=O)OC(C)CC)cc1)C(=O)O. The predicted molar refractivity (Wildman–Crippen MR) is 123 cm³/mol. The number of amides is 1. The van der Waals surface area contributed by atoms with Gasteiger partial charge in [0.2, 0.25) is 0 Å². The predicted octanol–water partition coefficient (Wildman–Crippen LogP) is 4.40. The summed E-state index contributed by atoms with van der Waals surface area (Å²) in [7, 11) is 0. The monoisotopic (exact) mass is 489 g/mol. The van der Waals surface area contributed by atoms with E-state index < -0.39 is 30.7 Å². The van der Waals surface area contributed by atoms with Crippen molar-refractivity contribution in [3.05, 3.63) is 29.8 Å². The number of aliphatic carboxylic acids is 1. The molecule has 0 spiro atoms. The Morgan fingerprint density at radius 1 is 1.09 bits per heavy atom. The maximum Gasteiger partial charge on any atom is 0.410 e. The van der Waals surface area contributed by atoms with Crippen molar-refractivity contribution >= 4 is 12.1 Å². The number of halogens is 2. The quantitative estimate of drug-likeness (QED) is 0.324. The third kappa shape index (κ3) is 11.6. The van der Waals surface area contributed by atoms with Crippen LogP contribution in [0.25, 0.3) is 0 Å². The number of nitrogens with zero attached hydrogens (tertiary/aromatic N) is 1. The highest BCUT2D eigenvalue weighted by Gasteiger charge is 2.26. The van der Waals surface area contributed by atoms with Crippen LogP contribution in [0.5, 0.6) is 5.75 Å². The molecule has 0 fully saturated rings. The summed E-state index contributed by atoms with van der Waals surface area (Å²) in [6, 6.07) is 6.91. The third-order valence-electron chi connectivity index (χ3n) is 5.09. The van der Waals surface area contributed by atoms with Crippen molar-refractivity contribution in [3.63, 3.8) is 0 Å². The molecule has 0 aromatic heterocycles. The van der Waals surface area contributed by atoms with Crippen molar-refractivity contribution in [1.82, 2.24) is 4.90 Å². The Hall–Kier alpha value is -2.46. The van der Waals surface area contributed by atoms with Gasteiger partial charge in [0.1, 0.15) is 25.1 Å². The molecule has 194 valence electrons. The number of ether oxygens (including phenoxy) is 4. The maximum absolute atomic E-state index is 13.3. The number of rotatable bonds is 17. The molecule has 0 heterocycles. The molecule has 34 heavy (non-hydrogen) atoms. The topological polar surface area (TPSA) is 94.5 Å². The molecule has 10 heteroatoms. The molecule has 1 aromatic carbocycles. The molecule has 1 amide bonds. The van der Waals surface area contributed by atoms with E-state index in [2.05, 4.69) is 0 Å². The molecule has 0 aliphatic rings. The van der Waals surface area contributed by atoms with Crippen LogP contribution in [0.3, 0.4) is 0 Å². The number of carboxylic acid groups (broad SMARTS) is 1. The van der Waals surface area contributed by atoms with Crippen LogP contribution in [-0.2, 0) is 25.4 Å². The summed E-state index contributed by atoms with van der Waals surface area (Å²) < 4.78 is 48.0. The van der Waals surface area contributed by atoms with Gasteiger partial charge in [-0.15, -0.1) is 0 Å². The summed E-state index contributed by atoms with van der Waals surface area (Å²) in [4.78, 5) is 25.0. The molecule has 8 nitrogen and oxygen atoms in total. The minimum Gasteiger partial charge on any atom is -0.492 e. The fraction of sp³-hybridized carbons (Fsp3) is 0.667. The largest absolute Gasteiger partial charge is 0.492 e. The lowest BCUT2D eigenvalue weighted by atomic mass is 10.1. The van der Waals surface area contributed by atoms with Crippen molar-refractivity contribution < 1.29 is 42.4 Å². The summed E-state index contributed by atoms with van der Waals surface area (Å²) in [5, 5.41) is 9.20. The molecule has 0 aliphatic carbocycles. The fourth-order valence-corrected chi connectivity index (χ4v) is 2.75. The normalized spacial score (nSPS) is 13.2. The first kappa shape index (κ1) is 29.6. The van der Waals surface area contributed by atoms with Crippen LogP contribution in [0, 0.1) is 0 Å². The highest BCUT2D eigenvalue weighted by atomic mass is 19.3. The molecule has 0 radical (unpaired) electrons. The van der Waals surface area contributed by atoms with Crippen LogP contribution in [0.2, 0.25) is 0 Å². The van der Waals surface area contributed by atoms with Gasteiger partial charge in [-0.2, -0.15) is 0 Å². The lowest BCUT2D eigenvalue weighted by Crippen LogP contribution is -2.39. The van der Waals surface area contributed by atoms with Crippen LogP contribution < -0.4 is 4.74 Å². The minimum atomic E-state index is -2.90. The Kier molecular flexibility index (Phi) is 13.4. The van der Waals surface area contributed by atoms with Gasteiger partial charge in [-0.1, -0.05) is 26.0 Å². The second-order valence-corrected chi connectivity index (χ2v) is 7.83. The average Bonchev–Trinajstić information content (AvgIpc) is 2.81. The van der Waals surface area contributed by atoms with Crippen LogP contribution in [0.1, 0.15) is 46.1 Å². The number of carbonyl (C=O) groups is 2. The lowest BCUT2D eigenvalue weighted by molar-refractivity contribution is -0.149. The Labute approximate surface area is 200 Å². The van der Waals surface area contributed by atoms with Gasteiger partial charge in [-0.05, 0) is 38.0 Å². The van der Waals surface area contributed by atoms with Crippen molar-refractivity contribution in [2.45, 2.75) is 65.1 Å². The molecular weight excluding hydrogens is 452 g/mol. The number of alkyl halides is 2. The van der Waals surface area contributed by atoms with Gasteiger partial charge < -0.3 is 29.0 Å². The smallest absolute Gasteiger partial charge is 0.410 e. The van der Waals surface area contributed by atoms with Gasteiger partial charge in [0.15, 0.2) is 6.10 Å². The van der Waals surface area contributed by atoms with Crippen molar-refractivity contribution in [2.75, 3.05) is 39.5 Å². The van der Waals surface area contributed by atoms with Crippen LogP contribution in [-0.4, -0.2) is 79.7 Å². The minimum absolute atomic E-state index is 0.0511. The zero-order valence-electron chi connectivity index (χ0n) is 20.4. The summed E-state index contributed by atoms with van der Waals surface area (Å²) in [6.07, 6.45) is -1.19. The van der Waals surface area contributed by atoms with Crippen molar-refractivity contribution in [1.29, 1.82) is 0 Å². The molecule has 1 N–H and O–H groups in total. The zero-order chi connectivity index (χ0) is 25.6. The standard InChI is InChI=1S/C24H37F2NO7/c1-5-18(4)34-23(30)27(12-14-31-17-24(25,26)6-2)13-15-33-20-10-8-19(9-11-20)16-21(22(28)29)32-7-3/h8-11,18,21H,5-7,12-17H2,1-4H3,(H,28,29). The van der Waals surface area contributed by atoms with E-state index in [1.807, 2.05) is 6.92 Å². The number of carboxylic acids is 1. The van der Waals surface area contributed by atoms with Gasteiger partial charge in [-0.25, -0.2) is 18.4 Å². The summed E-state index contributed by atoms with van der Waals surface area (Å²) in [6.45, 7) is 6.74. The Morgan fingerprint density at radius 2 is 1.74 bits per heavy atom. The fourth-order valence-electron chi connectivity index (χ4n) is 2.75. The van der Waals surface area contributed by atoms with Gasteiger partial charge in [0, 0.05) is 26.0 Å². The van der Waals surface area contributed by atoms with Crippen LogP contribution >= 0.6 is 0 Å². The molecule has 0 aliphatic heterocycles. The maximum atomic E-state index is 13.3. The molecule has 2 atom stereocenters. The lowest BCUT2D eigenvalue weighted by Gasteiger charge is -2.24. The van der Waals surface area contributed by atoms with E-state index in [0.717, 1.165) is 5.56 Å². The highest BCUT2D eigenvalue weighted by Crippen LogP contribution is 2.18. The van der Waals surface area contributed by atoms with Crippen molar-refractivity contribution in [3.8, 4) is 5.75 Å². The number of hydrogen-bond donors (Lipinski definition) is 1. The zero-order valence-corrected chi connectivity index (χ0v) is 20.4. The van der Waals surface area contributed by atoms with E-state index in [0.29, 0.717) is 18.8 Å². The summed E-state index contributed by atoms with van der Waals surface area (Å²) >= 11 is 0. The second kappa shape index (κ2) is 15.4. The Bertz CT molecular complexity index is 731. The first-order valence-electron chi connectivity index (χ1n) is 11.6. The number of carbonyl (C=O) groups excluding carboxylic acids is 1. The second-order valence-electron chi connectivity index (χ2n) is 7.83. The van der Waals surface area contributed by atoms with E-state index in [-0.39, 0.29) is 45.2 Å². The van der Waals surface area contributed by atoms with Crippen molar-refractivity contribution in [2.24, 2.45) is 0 Å². The van der Waals surface area contributed by atoms with E-state index in [9.17, 15) is 23.5 Å². The molecule has 0 bridgehead atoms.